The van der Waals surface area contributed by atoms with E-state index >= 15 is 0 Å². The molecule has 0 aliphatic heterocycles. The van der Waals surface area contributed by atoms with Crippen molar-refractivity contribution in [2.45, 2.75) is 0 Å². The van der Waals surface area contributed by atoms with Gasteiger partial charge in [0.1, 0.15) is 0 Å². The van der Waals surface area contributed by atoms with Crippen molar-refractivity contribution in [1.29, 1.82) is 22.1 Å². The molecular weight excluding hydrogens is 279 g/mol. The monoisotopic (exact) mass is 289 g/mol. The van der Waals surface area contributed by atoms with E-state index in [1.54, 1.807) is 19.6 Å². The van der Waals surface area contributed by atoms with Crippen molar-refractivity contribution >= 4 is 0 Å². The Morgan fingerprint density at radius 3 is 0.706 bits per heavy atom. The molecule has 0 amide bonds. The zero-order chi connectivity index (χ0) is 14.2. The van der Waals surface area contributed by atoms with Crippen molar-refractivity contribution in [3.05, 3.63) is 53.2 Å². The molecule has 0 bridgehead atoms. The van der Waals surface area contributed by atoms with E-state index in [9.17, 15) is 0 Å². The normalized spacial score (nSPS) is 3.65. The SMILES string of the molecule is [Co+3].[N-]=[N+]=N.[N-]=[N+]=N.[N-]=[N+]=N.[N-]=[N+]=N.[NH-]CC[NH-]. The van der Waals surface area contributed by atoms with E-state index in [0.717, 1.165) is 0 Å². The molecule has 0 atom stereocenters. The van der Waals surface area contributed by atoms with Gasteiger partial charge >= 0.3 is 16.8 Å². The molecule has 0 fully saturated rings. The Labute approximate surface area is 106 Å². The van der Waals surface area contributed by atoms with E-state index in [-0.39, 0.29) is 29.9 Å². The van der Waals surface area contributed by atoms with Crippen LogP contribution in [0.4, 0.5) is 0 Å². The predicted molar refractivity (Wildman–Crippen MR) is 56.1 cm³/mol. The van der Waals surface area contributed by atoms with E-state index in [0.29, 0.717) is 0 Å². The number of rotatable bonds is 1. The van der Waals surface area contributed by atoms with Gasteiger partial charge in [-0.25, -0.2) is 0 Å². The summed E-state index contributed by atoms with van der Waals surface area (Å²) in [6.45, 7) is 0.472. The van der Waals surface area contributed by atoms with Crippen LogP contribution in [0.3, 0.4) is 0 Å². The average Bonchev–Trinajstić information content (AvgIpc) is 2.22. The van der Waals surface area contributed by atoms with E-state index in [1.807, 2.05) is 0 Å². The minimum Gasteiger partial charge on any atom is -0.679 e. The van der Waals surface area contributed by atoms with Gasteiger partial charge in [0, 0.05) is 0 Å². The Kier molecular flexibility index (Phi) is 350. The third-order valence-corrected chi connectivity index (χ3v) is 0.125. The molecule has 6 N–H and O–H groups in total. The number of nitrogens with one attached hydrogen (secondary N) is 6. The second-order valence-corrected chi connectivity index (χ2v) is 0.900. The molecule has 0 rings (SSSR count). The zero-order valence-electron chi connectivity index (χ0n) is 8.33. The maximum atomic E-state index is 6.86. The van der Waals surface area contributed by atoms with Crippen molar-refractivity contribution in [2.75, 3.05) is 13.1 Å². The van der Waals surface area contributed by atoms with Crippen LogP contribution in [0.25, 0.3) is 53.2 Å². The van der Waals surface area contributed by atoms with Gasteiger partial charge in [-0.2, -0.15) is 13.1 Å². The minimum atomic E-state index is 0. The van der Waals surface area contributed by atoms with Crippen LogP contribution in [0.5, 0.6) is 0 Å². The Morgan fingerprint density at radius 2 is 0.706 bits per heavy atom. The second kappa shape index (κ2) is 163. The van der Waals surface area contributed by atoms with E-state index in [4.69, 9.17) is 55.7 Å². The van der Waals surface area contributed by atoms with Crippen molar-refractivity contribution in [3.8, 4) is 0 Å². The molecule has 0 radical (unpaired) electrons. The van der Waals surface area contributed by atoms with Gasteiger partial charge in [-0.1, -0.05) is 0 Å². The maximum absolute atomic E-state index is 6.86. The first-order valence-electron chi connectivity index (χ1n) is 2.90. The standard InChI is InChI=1S/C2H6N2.Co.4HN3/c3-1-2-4;;4*1-3-2/h3-4H,1-2H2;;4*1H/q-2;+3;;;;. The summed E-state index contributed by atoms with van der Waals surface area (Å²) in [6.07, 6.45) is 0. The molecule has 0 aromatic rings. The van der Waals surface area contributed by atoms with Crippen LogP contribution in [-0.2, 0) is 16.8 Å². The van der Waals surface area contributed by atoms with Crippen LogP contribution >= 0.6 is 0 Å². The maximum Gasteiger partial charge on any atom is 3.00 e. The summed E-state index contributed by atoms with van der Waals surface area (Å²) >= 11 is 0. The summed E-state index contributed by atoms with van der Waals surface area (Å²) in [7, 11) is 0. The molecule has 0 unspecified atom stereocenters. The molecule has 0 saturated carbocycles. The quantitative estimate of drug-likeness (QED) is 0.292. The van der Waals surface area contributed by atoms with Crippen LogP contribution in [0.15, 0.2) is 0 Å². The molecule has 0 saturated heterocycles. The molecule has 0 aliphatic carbocycles. The summed E-state index contributed by atoms with van der Waals surface area (Å²) in [4.78, 5) is 7.00. The topological polar surface area (TPSA) is 289 Å². The molecule has 15 heteroatoms. The van der Waals surface area contributed by atoms with Crippen LogP contribution in [0, 0.1) is 22.1 Å². The van der Waals surface area contributed by atoms with Crippen LogP contribution < -0.4 is 0 Å². The minimum absolute atomic E-state index is 0. The van der Waals surface area contributed by atoms with Gasteiger partial charge < -0.3 is 11.5 Å². The molecule has 14 nitrogen and oxygen atoms in total. The molecule has 0 aliphatic rings. The van der Waals surface area contributed by atoms with Gasteiger partial charge in [-0.05, 0) is 41.8 Å². The molecule has 0 aromatic carbocycles. The van der Waals surface area contributed by atoms with Crippen LogP contribution in [-0.4, -0.2) is 13.1 Å². The molecule has 0 spiro atoms. The largest absolute Gasteiger partial charge is 3.00 e. The van der Waals surface area contributed by atoms with Crippen molar-refractivity contribution in [3.63, 3.8) is 0 Å². The van der Waals surface area contributed by atoms with Crippen molar-refractivity contribution in [2.24, 2.45) is 0 Å². The van der Waals surface area contributed by atoms with Gasteiger partial charge in [0.25, 0.3) is 0 Å². The fraction of sp³-hybridized carbons (Fsp3) is 1.00. The summed E-state index contributed by atoms with van der Waals surface area (Å²) < 4.78 is 0. The smallest absolute Gasteiger partial charge is 0.679 e. The average molecular weight is 289 g/mol. The van der Waals surface area contributed by atoms with Gasteiger partial charge in [0.05, 0.1) is 0 Å². The molecular formula is C2H10CoN14+. The third kappa shape index (κ3) is 1050. The predicted octanol–water partition coefficient (Wildman–Crippen LogP) is 4.59. The van der Waals surface area contributed by atoms with Crippen LogP contribution in [0.2, 0.25) is 0 Å². The zero-order valence-corrected chi connectivity index (χ0v) is 9.37. The number of hydrogen-bond donors (Lipinski definition) is 4. The van der Waals surface area contributed by atoms with Gasteiger partial charge in [0.15, 0.2) is 0 Å². The van der Waals surface area contributed by atoms with Gasteiger partial charge in [-0.15, -0.1) is 22.1 Å². The Morgan fingerprint density at radius 1 is 0.647 bits per heavy atom. The summed E-state index contributed by atoms with van der Waals surface area (Å²) in [5, 5.41) is 0. The molecule has 17 heavy (non-hydrogen) atoms. The van der Waals surface area contributed by atoms with E-state index < -0.39 is 0 Å². The molecule has 0 aromatic heterocycles. The molecule has 0 heterocycles. The second-order valence-electron chi connectivity index (χ2n) is 0.900. The van der Waals surface area contributed by atoms with E-state index in [2.05, 4.69) is 0 Å². The molecule has 96 valence electrons. The van der Waals surface area contributed by atoms with Crippen LogP contribution in [0.1, 0.15) is 0 Å². The van der Waals surface area contributed by atoms with Gasteiger partial charge in [0.2, 0.25) is 0 Å². The van der Waals surface area contributed by atoms with Gasteiger partial charge in [-0.3, -0.25) is 0 Å². The fourth-order valence-electron chi connectivity index (χ4n) is 0. The first-order chi connectivity index (χ1) is 7.57. The van der Waals surface area contributed by atoms with E-state index in [1.165, 1.54) is 0 Å². The number of hydrogen-bond acceptors (Lipinski definition) is 4. The third-order valence-electron chi connectivity index (χ3n) is 0.125. The summed E-state index contributed by atoms with van der Waals surface area (Å²) in [5.41, 5.74) is 61.5. The first-order valence-corrected chi connectivity index (χ1v) is 2.90. The van der Waals surface area contributed by atoms with Crippen molar-refractivity contribution < 1.29 is 16.8 Å². The van der Waals surface area contributed by atoms with Crippen molar-refractivity contribution in [1.82, 2.24) is 0 Å². The first kappa shape index (κ1) is 36.5. The number of nitrogens with zero attached hydrogens (tertiary/aromatic N) is 8. The Bertz CT molecular complexity index is 169. The fourth-order valence-corrected chi connectivity index (χ4v) is 0. The summed E-state index contributed by atoms with van der Waals surface area (Å²) in [5.74, 6) is 0. The Hall–Kier alpha value is -2.33. The Balaban J connectivity index is -0.0000000221. The summed E-state index contributed by atoms with van der Waals surface area (Å²) in [6, 6.07) is 0.